The lowest BCUT2D eigenvalue weighted by atomic mass is 9.80. The summed E-state index contributed by atoms with van der Waals surface area (Å²) in [6.45, 7) is 10.3. The van der Waals surface area contributed by atoms with Crippen LogP contribution in [0.3, 0.4) is 0 Å². The van der Waals surface area contributed by atoms with Gasteiger partial charge in [-0.15, -0.1) is 0 Å². The largest absolute Gasteiger partial charge is 0.497 e. The van der Waals surface area contributed by atoms with E-state index < -0.39 is 0 Å². The number of anilines is 1. The van der Waals surface area contributed by atoms with Gasteiger partial charge in [0.05, 0.1) is 7.11 Å². The monoisotopic (exact) mass is 262 g/mol. The third-order valence-corrected chi connectivity index (χ3v) is 4.24. The summed E-state index contributed by atoms with van der Waals surface area (Å²) in [5, 5.41) is 0. The zero-order chi connectivity index (χ0) is 14.0. The third kappa shape index (κ3) is 3.41. The smallest absolute Gasteiger partial charge is 0.119 e. The molecule has 0 bridgehead atoms. The number of hydrogen-bond acceptors (Lipinski definition) is 3. The first kappa shape index (κ1) is 14.2. The van der Waals surface area contributed by atoms with Gasteiger partial charge in [0, 0.05) is 18.8 Å². The topological polar surface area (TPSA) is 38.5 Å². The van der Waals surface area contributed by atoms with Gasteiger partial charge in [-0.1, -0.05) is 20.8 Å². The molecule has 1 aliphatic rings. The highest BCUT2D eigenvalue weighted by atomic mass is 16.5. The summed E-state index contributed by atoms with van der Waals surface area (Å²) in [6.07, 6.45) is 1.29. The molecule has 1 heterocycles. The summed E-state index contributed by atoms with van der Waals surface area (Å²) in [7, 11) is 1.70. The zero-order valence-corrected chi connectivity index (χ0v) is 12.6. The van der Waals surface area contributed by atoms with Crippen molar-refractivity contribution in [3.63, 3.8) is 0 Å². The summed E-state index contributed by atoms with van der Waals surface area (Å²) in [6, 6.07) is 5.91. The second-order valence-electron chi connectivity index (χ2n) is 6.65. The average Bonchev–Trinajstić information content (AvgIpc) is 2.80. The number of likely N-dealkylation sites (tertiary alicyclic amines) is 1. The highest BCUT2D eigenvalue weighted by molar-refractivity contribution is 5.50. The molecule has 0 amide bonds. The van der Waals surface area contributed by atoms with Crippen LogP contribution in [0.4, 0.5) is 5.69 Å². The Morgan fingerprint density at radius 1 is 1.37 bits per heavy atom. The quantitative estimate of drug-likeness (QED) is 0.850. The van der Waals surface area contributed by atoms with Crippen LogP contribution in [-0.4, -0.2) is 25.1 Å². The molecule has 0 aliphatic carbocycles. The van der Waals surface area contributed by atoms with E-state index in [0.29, 0.717) is 5.41 Å². The molecule has 3 nitrogen and oxygen atoms in total. The minimum atomic E-state index is 0.397. The van der Waals surface area contributed by atoms with E-state index in [9.17, 15) is 0 Å². The Balaban J connectivity index is 2.03. The molecule has 0 radical (unpaired) electrons. The molecule has 2 rings (SSSR count). The maximum atomic E-state index is 6.06. The van der Waals surface area contributed by atoms with E-state index in [1.165, 1.54) is 25.1 Å². The highest BCUT2D eigenvalue weighted by Crippen LogP contribution is 2.34. The van der Waals surface area contributed by atoms with Crippen molar-refractivity contribution in [2.45, 2.75) is 33.7 Å². The Morgan fingerprint density at radius 3 is 2.68 bits per heavy atom. The zero-order valence-electron chi connectivity index (χ0n) is 12.6. The number of nitrogen functional groups attached to an aromatic ring is 1. The van der Waals surface area contributed by atoms with Crippen molar-refractivity contribution in [1.29, 1.82) is 0 Å². The summed E-state index contributed by atoms with van der Waals surface area (Å²) in [5.41, 5.74) is 8.49. The van der Waals surface area contributed by atoms with E-state index in [4.69, 9.17) is 10.5 Å². The van der Waals surface area contributed by atoms with Crippen molar-refractivity contribution in [2.75, 3.05) is 25.9 Å². The van der Waals surface area contributed by atoms with E-state index in [0.717, 1.165) is 23.9 Å². The van der Waals surface area contributed by atoms with E-state index >= 15 is 0 Å². The normalized spacial score (nSPS) is 20.7. The molecular weight excluding hydrogens is 236 g/mol. The number of nitrogens with zero attached hydrogens (tertiary/aromatic N) is 1. The van der Waals surface area contributed by atoms with E-state index in [1.807, 2.05) is 12.1 Å². The van der Waals surface area contributed by atoms with Crippen LogP contribution >= 0.6 is 0 Å². The van der Waals surface area contributed by atoms with Crippen molar-refractivity contribution in [3.05, 3.63) is 23.8 Å². The van der Waals surface area contributed by atoms with Gasteiger partial charge in [0.1, 0.15) is 5.75 Å². The van der Waals surface area contributed by atoms with Crippen molar-refractivity contribution in [1.82, 2.24) is 4.90 Å². The Kier molecular flexibility index (Phi) is 4.04. The number of methoxy groups -OCH3 is 1. The predicted molar refractivity (Wildman–Crippen MR) is 80.2 cm³/mol. The van der Waals surface area contributed by atoms with E-state index in [1.54, 1.807) is 7.11 Å². The van der Waals surface area contributed by atoms with Crippen molar-refractivity contribution < 1.29 is 4.74 Å². The predicted octanol–water partition coefficient (Wildman–Crippen LogP) is 3.15. The molecule has 1 unspecified atom stereocenters. The first-order valence-corrected chi connectivity index (χ1v) is 7.05. The Hall–Kier alpha value is -1.22. The fourth-order valence-corrected chi connectivity index (χ4v) is 2.77. The Morgan fingerprint density at radius 2 is 2.11 bits per heavy atom. The number of benzene rings is 1. The first-order valence-electron chi connectivity index (χ1n) is 7.05. The number of nitrogens with two attached hydrogens (primary N) is 1. The van der Waals surface area contributed by atoms with Crippen LogP contribution in [0.1, 0.15) is 32.8 Å². The average molecular weight is 262 g/mol. The lowest BCUT2D eigenvalue weighted by Gasteiger charge is -2.27. The lowest BCUT2D eigenvalue weighted by Crippen LogP contribution is -2.26. The minimum absolute atomic E-state index is 0.397. The van der Waals surface area contributed by atoms with Gasteiger partial charge in [0.15, 0.2) is 0 Å². The SMILES string of the molecule is COc1ccc(N)c(CN2CCC(C(C)(C)C)C2)c1. The van der Waals surface area contributed by atoms with Crippen LogP contribution in [-0.2, 0) is 6.54 Å². The highest BCUT2D eigenvalue weighted by Gasteiger charge is 2.31. The standard InChI is InChI=1S/C16H26N2O/c1-16(2,3)13-7-8-18(11-13)10-12-9-14(19-4)5-6-15(12)17/h5-6,9,13H,7-8,10-11,17H2,1-4H3. The van der Waals surface area contributed by atoms with Crippen molar-refractivity contribution in [2.24, 2.45) is 11.3 Å². The molecule has 0 aromatic heterocycles. The molecule has 1 fully saturated rings. The van der Waals surface area contributed by atoms with Crippen LogP contribution in [0.25, 0.3) is 0 Å². The summed E-state index contributed by atoms with van der Waals surface area (Å²) >= 11 is 0. The molecule has 2 N–H and O–H groups in total. The Labute approximate surface area is 116 Å². The molecule has 0 saturated carbocycles. The fourth-order valence-electron chi connectivity index (χ4n) is 2.77. The number of ether oxygens (including phenoxy) is 1. The second kappa shape index (κ2) is 5.41. The summed E-state index contributed by atoms with van der Waals surface area (Å²) in [5.74, 6) is 1.66. The maximum Gasteiger partial charge on any atom is 0.119 e. The van der Waals surface area contributed by atoms with Gasteiger partial charge < -0.3 is 10.5 Å². The first-order chi connectivity index (χ1) is 8.90. The molecule has 0 spiro atoms. The molecule has 1 aromatic rings. The van der Waals surface area contributed by atoms with Crippen LogP contribution in [0.2, 0.25) is 0 Å². The number of hydrogen-bond donors (Lipinski definition) is 1. The maximum absolute atomic E-state index is 6.06. The third-order valence-electron chi connectivity index (χ3n) is 4.24. The van der Waals surface area contributed by atoms with Crippen LogP contribution < -0.4 is 10.5 Å². The summed E-state index contributed by atoms with van der Waals surface area (Å²) < 4.78 is 5.28. The van der Waals surface area contributed by atoms with Gasteiger partial charge in [-0.3, -0.25) is 4.90 Å². The summed E-state index contributed by atoms with van der Waals surface area (Å²) in [4.78, 5) is 2.50. The van der Waals surface area contributed by atoms with Gasteiger partial charge in [0.25, 0.3) is 0 Å². The van der Waals surface area contributed by atoms with Gasteiger partial charge >= 0.3 is 0 Å². The Bertz CT molecular complexity index is 437. The minimum Gasteiger partial charge on any atom is -0.497 e. The van der Waals surface area contributed by atoms with Gasteiger partial charge in [-0.25, -0.2) is 0 Å². The van der Waals surface area contributed by atoms with Gasteiger partial charge in [-0.05, 0) is 48.1 Å². The van der Waals surface area contributed by atoms with Crippen molar-refractivity contribution in [3.8, 4) is 5.75 Å². The number of rotatable bonds is 3. The molecule has 1 saturated heterocycles. The molecule has 1 atom stereocenters. The lowest BCUT2D eigenvalue weighted by molar-refractivity contribution is 0.226. The molecule has 1 aromatic carbocycles. The molecular formula is C16H26N2O. The van der Waals surface area contributed by atoms with Crippen LogP contribution in [0.15, 0.2) is 18.2 Å². The second-order valence-corrected chi connectivity index (χ2v) is 6.65. The van der Waals surface area contributed by atoms with Crippen LogP contribution in [0.5, 0.6) is 5.75 Å². The van der Waals surface area contributed by atoms with Crippen molar-refractivity contribution >= 4 is 5.69 Å². The molecule has 19 heavy (non-hydrogen) atoms. The fraction of sp³-hybridized carbons (Fsp3) is 0.625. The van der Waals surface area contributed by atoms with Gasteiger partial charge in [-0.2, -0.15) is 0 Å². The van der Waals surface area contributed by atoms with Gasteiger partial charge in [0.2, 0.25) is 0 Å². The van der Waals surface area contributed by atoms with E-state index in [2.05, 4.69) is 31.7 Å². The van der Waals surface area contributed by atoms with E-state index in [-0.39, 0.29) is 0 Å². The molecule has 3 heteroatoms. The van der Waals surface area contributed by atoms with Crippen LogP contribution in [0, 0.1) is 11.3 Å². The molecule has 106 valence electrons. The molecule has 1 aliphatic heterocycles.